The Hall–Kier alpha value is -0.480. The molecule has 4 heteroatoms. The van der Waals surface area contributed by atoms with Crippen molar-refractivity contribution >= 4 is 15.9 Å². The lowest BCUT2D eigenvalue weighted by Gasteiger charge is -2.32. The highest BCUT2D eigenvalue weighted by molar-refractivity contribution is 9.10. The molecule has 1 aliphatic rings. The van der Waals surface area contributed by atoms with Gasteiger partial charge in [-0.05, 0) is 37.1 Å². The maximum absolute atomic E-state index is 13.8. The van der Waals surface area contributed by atoms with E-state index < -0.39 is 11.8 Å². The van der Waals surface area contributed by atoms with Crippen molar-refractivity contribution in [3.8, 4) is 0 Å². The van der Waals surface area contributed by atoms with Crippen molar-refractivity contribution in [1.29, 1.82) is 0 Å². The SMILES string of the molecule is CC(C)(F)C1Cc2c(Br)cc(F)cc2CO1. The van der Waals surface area contributed by atoms with E-state index in [1.165, 1.54) is 26.0 Å². The van der Waals surface area contributed by atoms with E-state index >= 15 is 0 Å². The maximum Gasteiger partial charge on any atom is 0.131 e. The molecule has 0 bridgehead atoms. The van der Waals surface area contributed by atoms with Crippen LogP contribution in [0, 0.1) is 5.82 Å². The summed E-state index contributed by atoms with van der Waals surface area (Å²) >= 11 is 3.31. The third kappa shape index (κ3) is 2.28. The van der Waals surface area contributed by atoms with E-state index in [1.54, 1.807) is 0 Å². The highest BCUT2D eigenvalue weighted by Crippen LogP contribution is 2.33. The van der Waals surface area contributed by atoms with Gasteiger partial charge in [0.15, 0.2) is 0 Å². The van der Waals surface area contributed by atoms with E-state index in [0.29, 0.717) is 10.9 Å². The molecule has 1 aromatic rings. The van der Waals surface area contributed by atoms with Gasteiger partial charge >= 0.3 is 0 Å². The van der Waals surface area contributed by atoms with Gasteiger partial charge in [-0.3, -0.25) is 0 Å². The van der Waals surface area contributed by atoms with Crippen LogP contribution in [0.3, 0.4) is 0 Å². The highest BCUT2D eigenvalue weighted by Gasteiger charge is 2.34. The average Bonchev–Trinajstić information content (AvgIpc) is 2.15. The molecule has 2 rings (SSSR count). The summed E-state index contributed by atoms with van der Waals surface area (Å²) in [6, 6.07) is 2.86. The lowest BCUT2D eigenvalue weighted by molar-refractivity contribution is -0.0602. The molecule has 0 radical (unpaired) electrons. The molecular formula is C12H13BrF2O. The second kappa shape index (κ2) is 4.08. The van der Waals surface area contributed by atoms with E-state index in [9.17, 15) is 8.78 Å². The zero-order valence-electron chi connectivity index (χ0n) is 9.19. The van der Waals surface area contributed by atoms with Crippen molar-refractivity contribution in [3.05, 3.63) is 33.5 Å². The Bertz CT molecular complexity index is 412. The van der Waals surface area contributed by atoms with Gasteiger partial charge < -0.3 is 4.74 Å². The summed E-state index contributed by atoms with van der Waals surface area (Å²) < 4.78 is 33.0. The predicted octanol–water partition coefficient (Wildman–Crippen LogP) is 3.78. The molecule has 16 heavy (non-hydrogen) atoms. The van der Waals surface area contributed by atoms with Gasteiger partial charge in [-0.15, -0.1) is 0 Å². The monoisotopic (exact) mass is 290 g/mol. The van der Waals surface area contributed by atoms with Crippen LogP contribution < -0.4 is 0 Å². The van der Waals surface area contributed by atoms with Gasteiger partial charge in [0.2, 0.25) is 0 Å². The molecule has 0 saturated heterocycles. The molecule has 0 amide bonds. The number of rotatable bonds is 1. The number of benzene rings is 1. The van der Waals surface area contributed by atoms with Crippen molar-refractivity contribution in [1.82, 2.24) is 0 Å². The molecule has 1 nitrogen and oxygen atoms in total. The molecule has 1 heterocycles. The molecule has 0 N–H and O–H groups in total. The largest absolute Gasteiger partial charge is 0.370 e. The number of hydrogen-bond donors (Lipinski definition) is 0. The molecule has 1 aromatic carbocycles. The first-order valence-corrected chi connectivity index (χ1v) is 5.94. The Morgan fingerprint density at radius 3 is 2.75 bits per heavy atom. The van der Waals surface area contributed by atoms with E-state index in [4.69, 9.17) is 4.74 Å². The Kier molecular flexibility index (Phi) is 3.05. The van der Waals surface area contributed by atoms with Crippen LogP contribution in [0.4, 0.5) is 8.78 Å². The van der Waals surface area contributed by atoms with Crippen LogP contribution in [0.5, 0.6) is 0 Å². The topological polar surface area (TPSA) is 9.23 Å². The third-order valence-corrected chi connectivity index (χ3v) is 3.56. The van der Waals surface area contributed by atoms with Gasteiger partial charge in [0.05, 0.1) is 12.7 Å². The first-order valence-electron chi connectivity index (χ1n) is 5.15. The standard InChI is InChI=1S/C12H13BrF2O/c1-12(2,15)11-5-9-7(6-16-11)3-8(14)4-10(9)13/h3-4,11H,5-6H2,1-2H3. The molecule has 0 saturated carbocycles. The molecule has 1 atom stereocenters. The Morgan fingerprint density at radius 2 is 2.12 bits per heavy atom. The Balaban J connectivity index is 2.34. The van der Waals surface area contributed by atoms with Gasteiger partial charge in [0.25, 0.3) is 0 Å². The highest BCUT2D eigenvalue weighted by atomic mass is 79.9. The molecule has 0 spiro atoms. The van der Waals surface area contributed by atoms with Crippen molar-refractivity contribution in [2.75, 3.05) is 0 Å². The summed E-state index contributed by atoms with van der Waals surface area (Å²) in [5.74, 6) is -0.299. The average molecular weight is 291 g/mol. The lowest BCUT2D eigenvalue weighted by Crippen LogP contribution is -2.38. The van der Waals surface area contributed by atoms with Crippen molar-refractivity contribution in [2.45, 2.75) is 38.6 Å². The zero-order chi connectivity index (χ0) is 11.9. The molecule has 1 unspecified atom stereocenters. The Labute approximate surface area is 102 Å². The van der Waals surface area contributed by atoms with Crippen LogP contribution in [0.15, 0.2) is 16.6 Å². The van der Waals surface area contributed by atoms with Crippen LogP contribution >= 0.6 is 15.9 Å². The number of fused-ring (bicyclic) bond motifs is 1. The van der Waals surface area contributed by atoms with E-state index in [-0.39, 0.29) is 12.4 Å². The fourth-order valence-corrected chi connectivity index (χ4v) is 2.52. The second-order valence-electron chi connectivity index (χ2n) is 4.59. The minimum Gasteiger partial charge on any atom is -0.370 e. The number of halogens is 3. The smallest absolute Gasteiger partial charge is 0.131 e. The fraction of sp³-hybridized carbons (Fsp3) is 0.500. The van der Waals surface area contributed by atoms with Gasteiger partial charge in [-0.2, -0.15) is 0 Å². The third-order valence-electron chi connectivity index (χ3n) is 2.85. The summed E-state index contributed by atoms with van der Waals surface area (Å²) in [5, 5.41) is 0. The molecule has 0 fully saturated rings. The van der Waals surface area contributed by atoms with E-state index in [1.807, 2.05) is 0 Å². The van der Waals surface area contributed by atoms with Gasteiger partial charge in [-0.1, -0.05) is 15.9 Å². The molecule has 88 valence electrons. The summed E-state index contributed by atoms with van der Waals surface area (Å²) in [4.78, 5) is 0. The number of alkyl halides is 1. The van der Waals surface area contributed by atoms with Crippen LogP contribution in [0.25, 0.3) is 0 Å². The van der Waals surface area contributed by atoms with Crippen LogP contribution in [-0.4, -0.2) is 11.8 Å². The first-order chi connectivity index (χ1) is 7.38. The number of ether oxygens (including phenoxy) is 1. The number of hydrogen-bond acceptors (Lipinski definition) is 1. The fourth-order valence-electron chi connectivity index (χ4n) is 1.89. The molecular weight excluding hydrogens is 278 g/mol. The quantitative estimate of drug-likeness (QED) is 0.765. The minimum atomic E-state index is -1.38. The van der Waals surface area contributed by atoms with Crippen molar-refractivity contribution in [2.24, 2.45) is 0 Å². The van der Waals surface area contributed by atoms with Crippen LogP contribution in [0.2, 0.25) is 0 Å². The van der Waals surface area contributed by atoms with Crippen LogP contribution in [-0.2, 0) is 17.8 Å². The summed E-state index contributed by atoms with van der Waals surface area (Å²) in [6.45, 7) is 3.27. The van der Waals surface area contributed by atoms with Gasteiger partial charge in [-0.25, -0.2) is 8.78 Å². The first kappa shape index (κ1) is 12.0. The minimum absolute atomic E-state index is 0.268. The van der Waals surface area contributed by atoms with Crippen molar-refractivity contribution < 1.29 is 13.5 Å². The molecule has 0 aromatic heterocycles. The lowest BCUT2D eigenvalue weighted by atomic mass is 9.91. The van der Waals surface area contributed by atoms with E-state index in [0.717, 1.165) is 11.1 Å². The summed E-state index contributed by atoms with van der Waals surface area (Å²) in [7, 11) is 0. The molecule has 0 aliphatic carbocycles. The van der Waals surface area contributed by atoms with Gasteiger partial charge in [0, 0.05) is 10.9 Å². The predicted molar refractivity (Wildman–Crippen MR) is 61.6 cm³/mol. The Morgan fingerprint density at radius 1 is 1.44 bits per heavy atom. The second-order valence-corrected chi connectivity index (χ2v) is 5.45. The normalized spacial score (nSPS) is 20.7. The summed E-state index contributed by atoms with van der Waals surface area (Å²) in [5.41, 5.74) is 0.363. The summed E-state index contributed by atoms with van der Waals surface area (Å²) in [6.07, 6.45) is 0.00133. The van der Waals surface area contributed by atoms with Crippen LogP contribution in [0.1, 0.15) is 25.0 Å². The molecule has 1 aliphatic heterocycles. The van der Waals surface area contributed by atoms with Crippen molar-refractivity contribution in [3.63, 3.8) is 0 Å². The van der Waals surface area contributed by atoms with Gasteiger partial charge in [0.1, 0.15) is 11.5 Å². The van der Waals surface area contributed by atoms with E-state index in [2.05, 4.69) is 15.9 Å². The zero-order valence-corrected chi connectivity index (χ0v) is 10.8. The maximum atomic E-state index is 13.8.